The van der Waals surface area contributed by atoms with Gasteiger partial charge in [-0.15, -0.1) is 0 Å². The molecular weight excluding hydrogens is 633 g/mol. The molecule has 4 heteroatoms. The van der Waals surface area contributed by atoms with Crippen LogP contribution < -0.4 is 0 Å². The van der Waals surface area contributed by atoms with E-state index in [9.17, 15) is 12.3 Å². The first kappa shape index (κ1) is 12.3. The van der Waals surface area contributed by atoms with Crippen molar-refractivity contribution in [2.45, 2.75) is 0 Å². The summed E-state index contributed by atoms with van der Waals surface area (Å²) in [4.78, 5) is 9.24. The van der Waals surface area contributed by atoms with Crippen molar-refractivity contribution >= 4 is 65.3 Å². The lowest BCUT2D eigenvalue weighted by atomic mass is 9.99. The second kappa shape index (κ2) is 11.2. The molecule has 3 heterocycles. The zero-order chi connectivity index (χ0) is 59.4. The van der Waals surface area contributed by atoms with Crippen molar-refractivity contribution in [3.05, 3.63) is 181 Å². The summed E-state index contributed by atoms with van der Waals surface area (Å²) in [6.07, 6.45) is 0. The first-order valence-corrected chi connectivity index (χ1v) is 15.3. The molecule has 0 bridgehead atoms. The van der Waals surface area contributed by atoms with Gasteiger partial charge < -0.3 is 4.57 Å². The van der Waals surface area contributed by atoms with Gasteiger partial charge in [0, 0.05) is 38.2 Å². The number of aromatic nitrogens is 4. The minimum atomic E-state index is -1.02. The standard InChI is InChI=1S/C48H30N4/c1-2-12-31(13-3-1)34-24-26-42-41(29-34)47(35-23-22-32-14-4-5-15-33(32)28-35)50-48(49-42)52-45-21-11-8-18-39(45)40-30-36(25-27-46(40)52)51-43-19-9-6-16-37(43)38-17-7-10-20-44(38)51/h1-30H/i1D,2D,3D,4D,5D,6D,7D,8D,9D,10D,11D,12D,13D,14D,15D,16D,17D,18D,19D,20D,21D,22D,24D,25D,26D,27D,28D,29D,30D. The lowest BCUT2D eigenvalue weighted by Gasteiger charge is -2.14. The quantitative estimate of drug-likeness (QED) is 0.184. The third kappa shape index (κ3) is 4.34. The van der Waals surface area contributed by atoms with E-state index in [-0.39, 0.29) is 0 Å². The lowest BCUT2D eigenvalue weighted by molar-refractivity contribution is 1.01. The number of nitrogens with zero attached hydrogens (tertiary/aromatic N) is 4. The number of rotatable bonds is 4. The molecule has 11 aromatic rings. The SMILES string of the molecule is [2H]c1c([2H])c([2H])c(-c2c([2H])c([2H])c3nc(-n4c5c([2H])c([2H])c([2H])c([2H])c5c5c([2H])c(-n6c7c([2H])c([2H])c([2H])c([2H])c7c7c([2H])c([2H])c([2H])c([2H])c76)c([2H])c([2H])c54)nc(-c4cc([2H])c5c([2H])c([2H])c([2H])c([2H])c5c4[2H])c3c2[2H])c([2H])c1[2H]. The van der Waals surface area contributed by atoms with E-state index < -0.39 is 275 Å². The van der Waals surface area contributed by atoms with Gasteiger partial charge in [0.2, 0.25) is 5.95 Å². The second-order valence-corrected chi connectivity index (χ2v) is 11.2. The molecule has 0 radical (unpaired) electrons. The maximum Gasteiger partial charge on any atom is 0.235 e. The Bertz CT molecular complexity index is 4770. The summed E-state index contributed by atoms with van der Waals surface area (Å²) in [7, 11) is 0. The smallest absolute Gasteiger partial charge is 0.235 e. The Morgan fingerprint density at radius 2 is 1.00 bits per heavy atom. The molecule has 52 heavy (non-hydrogen) atoms. The molecule has 0 aliphatic rings. The van der Waals surface area contributed by atoms with E-state index in [4.69, 9.17) is 32.4 Å². The van der Waals surface area contributed by atoms with Crippen LogP contribution >= 0.6 is 0 Å². The van der Waals surface area contributed by atoms with E-state index in [1.54, 1.807) is 0 Å². The molecule has 0 saturated carbocycles. The van der Waals surface area contributed by atoms with Crippen molar-refractivity contribution in [1.29, 1.82) is 0 Å². The van der Waals surface area contributed by atoms with Crippen molar-refractivity contribution in [2.24, 2.45) is 0 Å². The zero-order valence-electron chi connectivity index (χ0n) is 54.9. The fraction of sp³-hybridized carbons (Fsp3) is 0. The maximum absolute atomic E-state index is 10.0. The molecule has 0 saturated heterocycles. The van der Waals surface area contributed by atoms with Crippen LogP contribution in [0.1, 0.15) is 39.8 Å². The van der Waals surface area contributed by atoms with E-state index in [1.165, 1.54) is 0 Å². The van der Waals surface area contributed by atoms with Gasteiger partial charge in [0.15, 0.2) is 0 Å². The number of hydrogen-bond acceptors (Lipinski definition) is 2. The Balaban J connectivity index is 1.39. The number of para-hydroxylation sites is 3. The summed E-state index contributed by atoms with van der Waals surface area (Å²) >= 11 is 0. The van der Waals surface area contributed by atoms with Crippen LogP contribution in [-0.4, -0.2) is 19.1 Å². The molecule has 0 aliphatic carbocycles. The normalized spacial score (nSPS) is 19.7. The first-order chi connectivity index (χ1) is 37.9. The first-order valence-electron chi connectivity index (χ1n) is 29.8. The van der Waals surface area contributed by atoms with Gasteiger partial charge in [-0.05, 0) is 76.3 Å². The molecular formula is C48H30N4. The molecule has 8 aromatic carbocycles. The van der Waals surface area contributed by atoms with Crippen molar-refractivity contribution in [3.63, 3.8) is 0 Å². The van der Waals surface area contributed by atoms with Gasteiger partial charge in [-0.3, -0.25) is 4.57 Å². The number of benzene rings is 8. The van der Waals surface area contributed by atoms with Crippen LogP contribution in [0.3, 0.4) is 0 Å². The van der Waals surface area contributed by atoms with E-state index in [0.29, 0.717) is 0 Å². The van der Waals surface area contributed by atoms with Crippen molar-refractivity contribution in [1.82, 2.24) is 19.1 Å². The van der Waals surface area contributed by atoms with E-state index in [0.717, 1.165) is 15.2 Å². The van der Waals surface area contributed by atoms with E-state index in [2.05, 4.69) is 4.98 Å². The fourth-order valence-electron chi connectivity index (χ4n) is 6.15. The van der Waals surface area contributed by atoms with Gasteiger partial charge in [-0.2, -0.15) is 0 Å². The number of fused-ring (bicyclic) bond motifs is 8. The summed E-state index contributed by atoms with van der Waals surface area (Å²) < 4.78 is 262. The predicted molar refractivity (Wildman–Crippen MR) is 217 cm³/mol. The summed E-state index contributed by atoms with van der Waals surface area (Å²) in [5.74, 6) is -0.855. The highest BCUT2D eigenvalue weighted by Gasteiger charge is 2.20. The van der Waals surface area contributed by atoms with Crippen LogP contribution in [0.5, 0.6) is 0 Å². The molecule has 0 unspecified atom stereocenters. The third-order valence-corrected chi connectivity index (χ3v) is 8.37. The monoisotopic (exact) mass is 691 g/mol. The molecule has 4 nitrogen and oxygen atoms in total. The maximum atomic E-state index is 10.0. The fourth-order valence-corrected chi connectivity index (χ4v) is 6.15. The molecule has 0 N–H and O–H groups in total. The largest absolute Gasteiger partial charge is 0.309 e. The Kier molecular flexibility index (Phi) is 2.66. The van der Waals surface area contributed by atoms with E-state index >= 15 is 0 Å². The van der Waals surface area contributed by atoms with Crippen LogP contribution in [-0.2, 0) is 0 Å². The van der Waals surface area contributed by atoms with Gasteiger partial charge in [-0.25, -0.2) is 9.97 Å². The minimum Gasteiger partial charge on any atom is -0.309 e. The van der Waals surface area contributed by atoms with E-state index in [1.807, 2.05) is 0 Å². The predicted octanol–water partition coefficient (Wildman–Crippen LogP) is 12.3. The van der Waals surface area contributed by atoms with Crippen LogP contribution in [0.25, 0.3) is 99.3 Å². The van der Waals surface area contributed by atoms with Crippen molar-refractivity contribution in [2.75, 3.05) is 0 Å². The zero-order valence-corrected chi connectivity index (χ0v) is 25.9. The average molecular weight is 692 g/mol. The summed E-state index contributed by atoms with van der Waals surface area (Å²) in [6, 6.07) is -24.1. The van der Waals surface area contributed by atoms with Gasteiger partial charge in [0.1, 0.15) is 0 Å². The van der Waals surface area contributed by atoms with Crippen molar-refractivity contribution < 1.29 is 39.8 Å². The molecule has 0 spiro atoms. The lowest BCUT2D eigenvalue weighted by Crippen LogP contribution is -2.04. The topological polar surface area (TPSA) is 35.6 Å². The molecule has 0 fully saturated rings. The highest BCUT2D eigenvalue weighted by Crippen LogP contribution is 2.38. The molecule has 242 valence electrons. The average Bonchev–Trinajstić information content (AvgIpc) is 2.23. The molecule has 11 rings (SSSR count). The Labute approximate surface area is 340 Å². The third-order valence-electron chi connectivity index (χ3n) is 8.37. The van der Waals surface area contributed by atoms with Gasteiger partial charge >= 0.3 is 0 Å². The van der Waals surface area contributed by atoms with Gasteiger partial charge in [0.05, 0.1) is 73.0 Å². The summed E-state index contributed by atoms with van der Waals surface area (Å²) in [6.45, 7) is 0. The van der Waals surface area contributed by atoms with Crippen LogP contribution in [0.4, 0.5) is 0 Å². The Hall–Kier alpha value is -7.04. The van der Waals surface area contributed by atoms with Crippen LogP contribution in [0, 0.1) is 0 Å². The second-order valence-electron chi connectivity index (χ2n) is 11.2. The summed E-state index contributed by atoms with van der Waals surface area (Å²) in [5, 5.41) is -3.76. The Morgan fingerprint density at radius 1 is 0.385 bits per heavy atom. The Morgan fingerprint density at radius 3 is 1.75 bits per heavy atom. The van der Waals surface area contributed by atoms with Crippen LogP contribution in [0.15, 0.2) is 181 Å². The highest BCUT2D eigenvalue weighted by molar-refractivity contribution is 6.12. The molecule has 0 aliphatic heterocycles. The van der Waals surface area contributed by atoms with Gasteiger partial charge in [-0.1, -0.05) is 127 Å². The number of hydrogen-bond donors (Lipinski definition) is 0. The highest BCUT2D eigenvalue weighted by atomic mass is 15.2. The molecule has 3 aromatic heterocycles. The van der Waals surface area contributed by atoms with Gasteiger partial charge in [0.25, 0.3) is 0 Å². The van der Waals surface area contributed by atoms with Crippen LogP contribution in [0.2, 0.25) is 0 Å². The molecule has 0 amide bonds. The summed E-state index contributed by atoms with van der Waals surface area (Å²) in [5.41, 5.74) is -6.69. The minimum absolute atomic E-state index is 0.442. The molecule has 0 atom stereocenters. The van der Waals surface area contributed by atoms with Crippen molar-refractivity contribution in [3.8, 4) is 34.0 Å².